The largest absolute Gasteiger partial charge is 0.492 e. The van der Waals surface area contributed by atoms with Crippen LogP contribution in [0.5, 0.6) is 17.2 Å². The number of aryl methyl sites for hydroxylation is 2. The van der Waals surface area contributed by atoms with Gasteiger partial charge in [0, 0.05) is 29.5 Å². The molecule has 0 radical (unpaired) electrons. The van der Waals surface area contributed by atoms with Gasteiger partial charge in [-0.3, -0.25) is 4.79 Å². The van der Waals surface area contributed by atoms with E-state index in [4.69, 9.17) is 18.9 Å². The minimum Gasteiger partial charge on any atom is -0.492 e. The van der Waals surface area contributed by atoms with Gasteiger partial charge in [0.15, 0.2) is 0 Å². The predicted octanol–water partition coefficient (Wildman–Crippen LogP) is 6.51. The Bertz CT molecular complexity index is 1430. The van der Waals surface area contributed by atoms with Gasteiger partial charge in [-0.15, -0.1) is 0 Å². The molecule has 6 nitrogen and oxygen atoms in total. The summed E-state index contributed by atoms with van der Waals surface area (Å²) < 4.78 is 38.5. The van der Waals surface area contributed by atoms with Crippen LogP contribution in [0.4, 0.5) is 4.39 Å². The van der Waals surface area contributed by atoms with Crippen molar-refractivity contribution in [3.8, 4) is 28.4 Å². The first-order valence-corrected chi connectivity index (χ1v) is 14.1. The fraction of sp³-hybridized carbons (Fsp3) is 0.424. The monoisotopic (exact) mass is 546 g/mol. The first kappa shape index (κ1) is 26.6. The number of esters is 1. The number of fused-ring (bicyclic) bond motifs is 2. The molecule has 6 rings (SSSR count). The lowest BCUT2D eigenvalue weighted by Gasteiger charge is -2.20. The zero-order valence-corrected chi connectivity index (χ0v) is 23.2. The summed E-state index contributed by atoms with van der Waals surface area (Å²) in [5, 5.41) is 9.85. The highest BCUT2D eigenvalue weighted by Gasteiger charge is 2.32. The molecule has 0 amide bonds. The van der Waals surface area contributed by atoms with E-state index >= 15 is 4.39 Å². The molecule has 1 aliphatic heterocycles. The van der Waals surface area contributed by atoms with E-state index in [1.54, 1.807) is 6.07 Å². The van der Waals surface area contributed by atoms with Crippen LogP contribution in [0.1, 0.15) is 71.9 Å². The average Bonchev–Trinajstić information content (AvgIpc) is 3.64. The quantitative estimate of drug-likeness (QED) is 0.341. The smallest absolute Gasteiger partial charge is 0.306 e. The first-order chi connectivity index (χ1) is 19.3. The molecule has 3 aliphatic rings. The normalized spacial score (nSPS) is 22.9. The molecule has 7 heteroatoms. The van der Waals surface area contributed by atoms with Crippen molar-refractivity contribution in [3.05, 3.63) is 76.1 Å². The number of halogens is 1. The number of methoxy groups -OCH3 is 1. The predicted molar refractivity (Wildman–Crippen MR) is 149 cm³/mol. The zero-order chi connectivity index (χ0) is 28.0. The van der Waals surface area contributed by atoms with E-state index in [-0.39, 0.29) is 36.3 Å². The maximum Gasteiger partial charge on any atom is 0.306 e. The van der Waals surface area contributed by atoms with E-state index in [2.05, 4.69) is 13.8 Å². The summed E-state index contributed by atoms with van der Waals surface area (Å²) in [7, 11) is 1.38. The third kappa shape index (κ3) is 5.03. The van der Waals surface area contributed by atoms with Crippen molar-refractivity contribution in [3.63, 3.8) is 0 Å². The molecule has 3 aromatic rings. The van der Waals surface area contributed by atoms with Crippen LogP contribution in [0.2, 0.25) is 0 Å². The molecular formula is C33H35FO6. The standard InChI is InChI=1S/C33H35FO6/c1-18-12-24(39-22-5-4-21(35)15-22)13-19(2)32(18)26-8-10-28(34)33-27(26)9-11-29(33)40-23-6-7-25-20(14-31(36)37-3)17-38-30(25)16-23/h6-8,10,12-13,16,20-22,29,35H,4-5,9,11,14-15,17H2,1-3H3/t20-,21?,22?,29-/m1/s1. The second-order valence-corrected chi connectivity index (χ2v) is 11.3. The molecular weight excluding hydrogens is 511 g/mol. The molecule has 1 saturated carbocycles. The highest BCUT2D eigenvalue weighted by atomic mass is 19.1. The third-order valence-corrected chi connectivity index (χ3v) is 8.50. The Kier molecular flexibility index (Phi) is 7.17. The molecule has 0 aromatic heterocycles. The van der Waals surface area contributed by atoms with Gasteiger partial charge in [0.1, 0.15) is 35.3 Å². The number of aliphatic hydroxyl groups is 1. The van der Waals surface area contributed by atoms with Gasteiger partial charge >= 0.3 is 5.97 Å². The van der Waals surface area contributed by atoms with Crippen molar-refractivity contribution in [2.45, 2.75) is 76.6 Å². The number of benzene rings is 3. The SMILES string of the molecule is COC(=O)C[C@@H]1COc2cc(O[C@@H]3CCc4c(-c5c(C)cc(OC6CCC(O)C6)cc5C)ccc(F)c43)ccc21. The van der Waals surface area contributed by atoms with E-state index < -0.39 is 6.10 Å². The van der Waals surface area contributed by atoms with Crippen LogP contribution in [0, 0.1) is 19.7 Å². The number of ether oxygens (including phenoxy) is 4. The Morgan fingerprint density at radius 2 is 1.82 bits per heavy atom. The Labute approximate surface area is 234 Å². The minimum absolute atomic E-state index is 0.0379. The summed E-state index contributed by atoms with van der Waals surface area (Å²) >= 11 is 0. The second kappa shape index (κ2) is 10.8. The van der Waals surface area contributed by atoms with Gasteiger partial charge in [-0.25, -0.2) is 4.39 Å². The van der Waals surface area contributed by atoms with E-state index in [1.807, 2.05) is 36.4 Å². The van der Waals surface area contributed by atoms with Crippen molar-refractivity contribution in [2.75, 3.05) is 13.7 Å². The lowest BCUT2D eigenvalue weighted by Crippen LogP contribution is -2.13. The third-order valence-electron chi connectivity index (χ3n) is 8.50. The van der Waals surface area contributed by atoms with Gasteiger partial charge in [0.2, 0.25) is 0 Å². The highest BCUT2D eigenvalue weighted by Crippen LogP contribution is 2.45. The Morgan fingerprint density at radius 1 is 1.02 bits per heavy atom. The average molecular weight is 547 g/mol. The summed E-state index contributed by atoms with van der Waals surface area (Å²) in [5.74, 6) is 1.55. The lowest BCUT2D eigenvalue weighted by atomic mass is 9.90. The molecule has 0 saturated heterocycles. The molecule has 2 unspecified atom stereocenters. The van der Waals surface area contributed by atoms with Gasteiger partial charge in [0.25, 0.3) is 0 Å². The molecule has 210 valence electrons. The van der Waals surface area contributed by atoms with Gasteiger partial charge < -0.3 is 24.1 Å². The summed E-state index contributed by atoms with van der Waals surface area (Å²) in [6.07, 6.45) is 3.31. The first-order valence-electron chi connectivity index (χ1n) is 14.1. The van der Waals surface area contributed by atoms with Crippen molar-refractivity contribution < 1.29 is 33.2 Å². The van der Waals surface area contributed by atoms with Crippen LogP contribution in [-0.4, -0.2) is 37.0 Å². The van der Waals surface area contributed by atoms with Crippen molar-refractivity contribution in [1.29, 1.82) is 0 Å². The number of carbonyl (C=O) groups excluding carboxylic acids is 1. The van der Waals surface area contributed by atoms with Crippen LogP contribution < -0.4 is 14.2 Å². The van der Waals surface area contributed by atoms with Crippen LogP contribution in [0.3, 0.4) is 0 Å². The number of rotatable bonds is 7. The molecule has 1 fully saturated rings. The van der Waals surface area contributed by atoms with Crippen molar-refractivity contribution in [1.82, 2.24) is 0 Å². The molecule has 2 aliphatic carbocycles. The van der Waals surface area contributed by atoms with E-state index in [0.29, 0.717) is 42.9 Å². The van der Waals surface area contributed by atoms with Crippen molar-refractivity contribution >= 4 is 5.97 Å². The summed E-state index contributed by atoms with van der Waals surface area (Å²) in [5.41, 5.74) is 6.83. The van der Waals surface area contributed by atoms with Crippen LogP contribution >= 0.6 is 0 Å². The summed E-state index contributed by atoms with van der Waals surface area (Å²) in [6, 6.07) is 13.1. The summed E-state index contributed by atoms with van der Waals surface area (Å²) in [6.45, 7) is 4.55. The Balaban J connectivity index is 1.24. The van der Waals surface area contributed by atoms with Crippen LogP contribution in [0.15, 0.2) is 42.5 Å². The molecule has 4 atom stereocenters. The number of carbonyl (C=O) groups is 1. The van der Waals surface area contributed by atoms with Crippen molar-refractivity contribution in [2.24, 2.45) is 0 Å². The number of hydrogen-bond acceptors (Lipinski definition) is 6. The fourth-order valence-electron chi connectivity index (χ4n) is 6.61. The number of aliphatic hydroxyl groups excluding tert-OH is 1. The van der Waals surface area contributed by atoms with Gasteiger partial charge in [0.05, 0.1) is 26.2 Å². The highest BCUT2D eigenvalue weighted by molar-refractivity contribution is 5.76. The van der Waals surface area contributed by atoms with Gasteiger partial charge in [-0.05, 0) is 91.6 Å². The fourth-order valence-corrected chi connectivity index (χ4v) is 6.61. The number of hydrogen-bond donors (Lipinski definition) is 1. The van der Waals surface area contributed by atoms with Crippen LogP contribution in [-0.2, 0) is 16.0 Å². The summed E-state index contributed by atoms with van der Waals surface area (Å²) in [4.78, 5) is 11.7. The molecule has 40 heavy (non-hydrogen) atoms. The second-order valence-electron chi connectivity index (χ2n) is 11.3. The Morgan fingerprint density at radius 3 is 2.55 bits per heavy atom. The van der Waals surface area contributed by atoms with E-state index in [9.17, 15) is 9.90 Å². The lowest BCUT2D eigenvalue weighted by molar-refractivity contribution is -0.141. The van der Waals surface area contributed by atoms with E-state index in [0.717, 1.165) is 52.0 Å². The molecule has 1 N–H and O–H groups in total. The molecule has 0 bridgehead atoms. The van der Waals surface area contributed by atoms with Gasteiger partial charge in [-0.1, -0.05) is 12.1 Å². The molecule has 0 spiro atoms. The Hall–Kier alpha value is -3.58. The zero-order valence-electron chi connectivity index (χ0n) is 23.2. The maximum atomic E-state index is 15.3. The van der Waals surface area contributed by atoms with Crippen LogP contribution in [0.25, 0.3) is 11.1 Å². The minimum atomic E-state index is -0.405. The maximum absolute atomic E-state index is 15.3. The molecule has 3 aromatic carbocycles. The van der Waals surface area contributed by atoms with Gasteiger partial charge in [-0.2, -0.15) is 0 Å². The van der Waals surface area contributed by atoms with E-state index in [1.165, 1.54) is 7.11 Å². The molecule has 1 heterocycles. The topological polar surface area (TPSA) is 74.2 Å².